The maximum Gasteiger partial charge on any atom is 0.140 e. The van der Waals surface area contributed by atoms with E-state index in [0.29, 0.717) is 0 Å². The molecular formula is C17H26O3. The van der Waals surface area contributed by atoms with E-state index >= 15 is 0 Å². The lowest BCUT2D eigenvalue weighted by Gasteiger charge is -2.35. The lowest BCUT2D eigenvalue weighted by atomic mass is 9.66. The van der Waals surface area contributed by atoms with E-state index in [9.17, 15) is 14.4 Å². The smallest absolute Gasteiger partial charge is 0.140 e. The summed E-state index contributed by atoms with van der Waals surface area (Å²) in [7, 11) is 0. The van der Waals surface area contributed by atoms with Gasteiger partial charge in [0.05, 0.1) is 0 Å². The van der Waals surface area contributed by atoms with Gasteiger partial charge in [-0.05, 0) is 39.5 Å². The first-order chi connectivity index (χ1) is 9.52. The van der Waals surface area contributed by atoms with Crippen LogP contribution in [-0.4, -0.2) is 17.3 Å². The van der Waals surface area contributed by atoms with Crippen LogP contribution in [0.4, 0.5) is 0 Å². The van der Waals surface area contributed by atoms with Crippen LogP contribution in [0.1, 0.15) is 65.2 Å². The Morgan fingerprint density at radius 1 is 0.600 bits per heavy atom. The normalized spacial score (nSPS) is 34.5. The molecule has 0 aromatic heterocycles. The first kappa shape index (κ1) is 15.4. The zero-order valence-electron chi connectivity index (χ0n) is 12.7. The van der Waals surface area contributed by atoms with Crippen molar-refractivity contribution in [3.05, 3.63) is 0 Å². The predicted molar refractivity (Wildman–Crippen MR) is 77.3 cm³/mol. The van der Waals surface area contributed by atoms with Crippen molar-refractivity contribution in [1.29, 1.82) is 0 Å². The van der Waals surface area contributed by atoms with Crippen LogP contribution in [0.2, 0.25) is 0 Å². The number of hydrogen-bond acceptors (Lipinski definition) is 3. The van der Waals surface area contributed by atoms with Gasteiger partial charge in [0, 0.05) is 23.7 Å². The van der Waals surface area contributed by atoms with Crippen molar-refractivity contribution in [2.45, 2.75) is 65.2 Å². The second-order valence-corrected chi connectivity index (χ2v) is 6.62. The minimum Gasteiger partial charge on any atom is -0.300 e. The summed E-state index contributed by atoms with van der Waals surface area (Å²) in [6.07, 6.45) is 7.56. The number of rotatable bonds is 4. The maximum atomic E-state index is 12.9. The third-order valence-corrected chi connectivity index (χ3v) is 5.31. The third-order valence-electron chi connectivity index (χ3n) is 5.31. The first-order valence-corrected chi connectivity index (χ1v) is 8.07. The summed E-state index contributed by atoms with van der Waals surface area (Å²) in [6, 6.07) is 0. The van der Waals surface area contributed by atoms with Crippen LogP contribution in [0.15, 0.2) is 0 Å². The van der Waals surface area contributed by atoms with E-state index < -0.39 is 0 Å². The molecule has 0 aromatic carbocycles. The fraction of sp³-hybridized carbons (Fsp3) is 0.824. The van der Waals surface area contributed by atoms with Crippen LogP contribution in [0, 0.1) is 23.7 Å². The molecule has 0 radical (unpaired) electrons. The first-order valence-electron chi connectivity index (χ1n) is 8.07. The summed E-state index contributed by atoms with van der Waals surface area (Å²) in [6.45, 7) is 3.22. The van der Waals surface area contributed by atoms with Crippen LogP contribution in [0.3, 0.4) is 0 Å². The van der Waals surface area contributed by atoms with E-state index in [-0.39, 0.29) is 41.0 Å². The molecule has 2 aliphatic carbocycles. The fourth-order valence-electron chi connectivity index (χ4n) is 4.19. The summed E-state index contributed by atoms with van der Waals surface area (Å²) < 4.78 is 0. The van der Waals surface area contributed by atoms with E-state index in [1.165, 1.54) is 0 Å². The van der Waals surface area contributed by atoms with Gasteiger partial charge in [0.2, 0.25) is 0 Å². The average molecular weight is 278 g/mol. The Kier molecular flexibility index (Phi) is 5.11. The molecule has 3 heteroatoms. The summed E-state index contributed by atoms with van der Waals surface area (Å²) in [5.74, 6) is 0.0928. The molecular weight excluding hydrogens is 252 g/mol. The number of carbonyl (C=O) groups is 3. The number of ketones is 3. The Morgan fingerprint density at radius 3 is 1.20 bits per heavy atom. The lowest BCUT2D eigenvalue weighted by Crippen LogP contribution is -2.40. The molecule has 4 atom stereocenters. The highest BCUT2D eigenvalue weighted by Crippen LogP contribution is 2.39. The van der Waals surface area contributed by atoms with Gasteiger partial charge in [0.1, 0.15) is 17.3 Å². The van der Waals surface area contributed by atoms with Crippen LogP contribution in [0.5, 0.6) is 0 Å². The zero-order chi connectivity index (χ0) is 14.7. The summed E-state index contributed by atoms with van der Waals surface area (Å²) in [4.78, 5) is 36.5. The largest absolute Gasteiger partial charge is 0.300 e. The van der Waals surface area contributed by atoms with Crippen LogP contribution < -0.4 is 0 Å². The van der Waals surface area contributed by atoms with Gasteiger partial charge in [0.25, 0.3) is 0 Å². The molecule has 0 spiro atoms. The Bertz CT molecular complexity index is 363. The van der Waals surface area contributed by atoms with E-state index in [1.807, 2.05) is 0 Å². The molecule has 20 heavy (non-hydrogen) atoms. The van der Waals surface area contributed by atoms with Crippen molar-refractivity contribution in [3.8, 4) is 0 Å². The summed E-state index contributed by atoms with van der Waals surface area (Å²) in [5, 5.41) is 0. The molecule has 4 unspecified atom stereocenters. The van der Waals surface area contributed by atoms with Gasteiger partial charge in [-0.2, -0.15) is 0 Å². The molecule has 2 rings (SSSR count). The van der Waals surface area contributed by atoms with Gasteiger partial charge >= 0.3 is 0 Å². The van der Waals surface area contributed by atoms with Crippen molar-refractivity contribution < 1.29 is 14.4 Å². The molecule has 2 aliphatic rings. The lowest BCUT2D eigenvalue weighted by molar-refractivity contribution is -0.140. The summed E-state index contributed by atoms with van der Waals surface area (Å²) in [5.41, 5.74) is 0. The van der Waals surface area contributed by atoms with E-state index in [4.69, 9.17) is 0 Å². The molecule has 2 saturated carbocycles. The molecule has 3 nitrogen and oxygen atoms in total. The number of hydrogen-bond donors (Lipinski definition) is 0. The number of Topliss-reactive ketones (excluding diaryl/α,β-unsaturated/α-hetero) is 3. The molecule has 2 fully saturated rings. The quantitative estimate of drug-likeness (QED) is 0.792. The van der Waals surface area contributed by atoms with Crippen molar-refractivity contribution in [2.75, 3.05) is 0 Å². The van der Waals surface area contributed by atoms with E-state index in [1.54, 1.807) is 13.8 Å². The Balaban J connectivity index is 2.14. The van der Waals surface area contributed by atoms with Crippen molar-refractivity contribution in [2.24, 2.45) is 23.7 Å². The van der Waals surface area contributed by atoms with Gasteiger partial charge in [-0.15, -0.1) is 0 Å². The van der Waals surface area contributed by atoms with Crippen molar-refractivity contribution in [3.63, 3.8) is 0 Å². The SMILES string of the molecule is CC(=O)C1CCCCC1C(=O)C1CCCCC1C(C)=O. The highest BCUT2D eigenvalue weighted by Gasteiger charge is 2.41. The molecule has 0 aromatic rings. The van der Waals surface area contributed by atoms with Crippen LogP contribution in [-0.2, 0) is 14.4 Å². The highest BCUT2D eigenvalue weighted by atomic mass is 16.1. The van der Waals surface area contributed by atoms with Crippen molar-refractivity contribution in [1.82, 2.24) is 0 Å². The van der Waals surface area contributed by atoms with Crippen LogP contribution >= 0.6 is 0 Å². The second kappa shape index (κ2) is 6.64. The van der Waals surface area contributed by atoms with Gasteiger partial charge in [-0.3, -0.25) is 14.4 Å². The summed E-state index contributed by atoms with van der Waals surface area (Å²) >= 11 is 0. The number of carbonyl (C=O) groups excluding carboxylic acids is 3. The van der Waals surface area contributed by atoms with Gasteiger partial charge in [0.15, 0.2) is 0 Å². The van der Waals surface area contributed by atoms with Gasteiger partial charge < -0.3 is 0 Å². The minimum atomic E-state index is -0.119. The molecule has 0 bridgehead atoms. The Labute approximate surface area is 121 Å². The Morgan fingerprint density at radius 2 is 0.900 bits per heavy atom. The third kappa shape index (κ3) is 3.18. The Hall–Kier alpha value is -0.990. The highest BCUT2D eigenvalue weighted by molar-refractivity contribution is 5.93. The molecule has 112 valence electrons. The molecule has 0 amide bonds. The molecule has 0 aliphatic heterocycles. The average Bonchev–Trinajstić information content (AvgIpc) is 2.46. The zero-order valence-corrected chi connectivity index (χ0v) is 12.7. The standard InChI is InChI=1S/C17H26O3/c1-11(18)13-7-3-5-9-15(13)17(20)16-10-6-4-8-14(16)12(2)19/h13-16H,3-10H2,1-2H3. The topological polar surface area (TPSA) is 51.2 Å². The molecule has 0 heterocycles. The van der Waals surface area contributed by atoms with Crippen LogP contribution in [0.25, 0.3) is 0 Å². The predicted octanol–water partition coefficient (Wildman–Crippen LogP) is 3.35. The monoisotopic (exact) mass is 278 g/mol. The van der Waals surface area contributed by atoms with Gasteiger partial charge in [-0.1, -0.05) is 25.7 Å². The molecule has 0 N–H and O–H groups in total. The van der Waals surface area contributed by atoms with E-state index in [0.717, 1.165) is 51.4 Å². The minimum absolute atomic E-state index is 0.0919. The van der Waals surface area contributed by atoms with Crippen molar-refractivity contribution >= 4 is 17.3 Å². The maximum absolute atomic E-state index is 12.9. The van der Waals surface area contributed by atoms with E-state index in [2.05, 4.69) is 0 Å². The molecule has 0 saturated heterocycles. The second-order valence-electron chi connectivity index (χ2n) is 6.62. The van der Waals surface area contributed by atoms with Gasteiger partial charge in [-0.25, -0.2) is 0 Å². The fourth-order valence-corrected chi connectivity index (χ4v) is 4.19.